The van der Waals surface area contributed by atoms with E-state index in [2.05, 4.69) is 29.6 Å². The van der Waals surface area contributed by atoms with Crippen molar-refractivity contribution >= 4 is 37.9 Å². The van der Waals surface area contributed by atoms with Gasteiger partial charge >= 0.3 is 0 Å². The molecule has 0 atom stereocenters. The second-order valence-corrected chi connectivity index (χ2v) is 9.32. The van der Waals surface area contributed by atoms with Crippen molar-refractivity contribution in [2.24, 2.45) is 5.73 Å². The number of hydrogen-bond acceptors (Lipinski definition) is 6. The molecule has 5 aromatic rings. The topological polar surface area (TPSA) is 166 Å². The first kappa shape index (κ1) is 20.8. The molecule has 3 heterocycles. The fourth-order valence-electron chi connectivity index (χ4n) is 3.53. The largest absolute Gasteiger partial charge is 0.384 e. The highest BCUT2D eigenvalue weighted by atomic mass is 32.2. The molecule has 0 bridgehead atoms. The lowest BCUT2D eigenvalue weighted by Gasteiger charge is -2.06. The third-order valence-corrected chi connectivity index (χ3v) is 6.58. The first-order valence-corrected chi connectivity index (χ1v) is 11.6. The van der Waals surface area contributed by atoms with Crippen molar-refractivity contribution < 1.29 is 8.42 Å². The van der Waals surface area contributed by atoms with Gasteiger partial charge in [0.25, 0.3) is 0 Å². The summed E-state index contributed by atoms with van der Waals surface area (Å²) >= 11 is 0. The Morgan fingerprint density at radius 2 is 1.70 bits per heavy atom. The zero-order chi connectivity index (χ0) is 23.0. The third kappa shape index (κ3) is 4.31. The number of nitrogens with two attached hydrogens (primary N) is 1. The van der Waals surface area contributed by atoms with Gasteiger partial charge in [-0.1, -0.05) is 6.07 Å². The number of pyridine rings is 1. The molecule has 0 aliphatic carbocycles. The normalized spacial score (nSPS) is 11.9. The number of nitrogen functional groups attached to an aromatic ring is 1. The minimum atomic E-state index is -3.70. The number of nitrogens with one attached hydrogen (secondary N) is 4. The van der Waals surface area contributed by atoms with Crippen LogP contribution in [-0.4, -0.2) is 39.2 Å². The Bertz CT molecular complexity index is 1590. The molecule has 2 aromatic carbocycles. The number of hydrogen-bond donors (Lipinski definition) is 5. The number of H-pyrrole nitrogens is 2. The predicted octanol–water partition coefficient (Wildman–Crippen LogP) is 2.19. The van der Waals surface area contributed by atoms with Crippen LogP contribution in [0.15, 0.2) is 65.8 Å². The maximum atomic E-state index is 12.7. The fraction of sp³-hybridized carbons (Fsp3) is 0.0909. The summed E-state index contributed by atoms with van der Waals surface area (Å²) in [6.45, 7) is 0.153. The van der Waals surface area contributed by atoms with E-state index in [9.17, 15) is 8.42 Å². The van der Waals surface area contributed by atoms with Gasteiger partial charge in [0.15, 0.2) is 0 Å². The second kappa shape index (κ2) is 8.11. The Balaban J connectivity index is 1.37. The van der Waals surface area contributed by atoms with E-state index in [1.165, 1.54) is 6.07 Å². The molecule has 11 heteroatoms. The van der Waals surface area contributed by atoms with Crippen molar-refractivity contribution in [3.8, 4) is 0 Å². The highest BCUT2D eigenvalue weighted by Crippen LogP contribution is 2.20. The van der Waals surface area contributed by atoms with Gasteiger partial charge in [-0.05, 0) is 48.0 Å². The number of aromatic amines is 2. The molecule has 0 amide bonds. The molecule has 0 fully saturated rings. The van der Waals surface area contributed by atoms with Crippen LogP contribution in [0.5, 0.6) is 0 Å². The zero-order valence-electron chi connectivity index (χ0n) is 17.3. The summed E-state index contributed by atoms with van der Waals surface area (Å²) in [6.07, 6.45) is 3.66. The summed E-state index contributed by atoms with van der Waals surface area (Å²) in [4.78, 5) is 19.6. The standard InChI is InChI=1S/C22H20N8O2S/c23-22(24)14-3-5-16-18(8-14)29-20(27-16)10-21-28-17-6-4-15(9-19(17)30-21)33(31,32)26-12-13-2-1-7-25-11-13/h1-9,11,26H,10,12H2,(H3,23,24)(H,27,29)(H,28,30). The average Bonchev–Trinajstić information content (AvgIpc) is 3.40. The van der Waals surface area contributed by atoms with Crippen molar-refractivity contribution in [1.29, 1.82) is 5.41 Å². The van der Waals surface area contributed by atoms with Crippen LogP contribution in [0.1, 0.15) is 22.8 Å². The molecule has 5 rings (SSSR count). The maximum Gasteiger partial charge on any atom is 0.240 e. The summed E-state index contributed by atoms with van der Waals surface area (Å²) in [6, 6.07) is 13.7. The predicted molar refractivity (Wildman–Crippen MR) is 124 cm³/mol. The van der Waals surface area contributed by atoms with E-state index in [1.807, 2.05) is 0 Å². The molecule has 0 spiro atoms. The summed E-state index contributed by atoms with van der Waals surface area (Å²) in [5.74, 6) is 1.33. The van der Waals surface area contributed by atoms with Crippen molar-refractivity contribution in [2.45, 2.75) is 17.9 Å². The second-order valence-electron chi connectivity index (χ2n) is 7.55. The molecular weight excluding hydrogens is 440 g/mol. The lowest BCUT2D eigenvalue weighted by molar-refractivity contribution is 0.581. The molecule has 0 radical (unpaired) electrons. The monoisotopic (exact) mass is 460 g/mol. The Morgan fingerprint density at radius 1 is 1.00 bits per heavy atom. The highest BCUT2D eigenvalue weighted by molar-refractivity contribution is 7.89. The van der Waals surface area contributed by atoms with Gasteiger partial charge in [0.1, 0.15) is 17.5 Å². The number of aromatic nitrogens is 5. The van der Waals surface area contributed by atoms with E-state index in [0.717, 1.165) is 16.6 Å². The number of benzene rings is 2. The molecule has 6 N–H and O–H groups in total. The van der Waals surface area contributed by atoms with Gasteiger partial charge in [-0.3, -0.25) is 10.4 Å². The van der Waals surface area contributed by atoms with E-state index < -0.39 is 10.0 Å². The van der Waals surface area contributed by atoms with Gasteiger partial charge in [0.05, 0.1) is 33.4 Å². The van der Waals surface area contributed by atoms with Crippen LogP contribution >= 0.6 is 0 Å². The van der Waals surface area contributed by atoms with E-state index in [4.69, 9.17) is 11.1 Å². The van der Waals surface area contributed by atoms with E-state index in [0.29, 0.717) is 34.7 Å². The third-order valence-electron chi connectivity index (χ3n) is 5.18. The van der Waals surface area contributed by atoms with Crippen LogP contribution in [0.2, 0.25) is 0 Å². The number of fused-ring (bicyclic) bond motifs is 2. The quantitative estimate of drug-likeness (QED) is 0.184. The van der Waals surface area contributed by atoms with Crippen LogP contribution in [0.3, 0.4) is 0 Å². The number of amidine groups is 1. The number of nitrogens with zero attached hydrogens (tertiary/aromatic N) is 3. The van der Waals surface area contributed by atoms with Crippen LogP contribution in [-0.2, 0) is 23.0 Å². The van der Waals surface area contributed by atoms with Gasteiger partial charge in [-0.25, -0.2) is 23.1 Å². The van der Waals surface area contributed by atoms with Crippen molar-refractivity contribution in [2.75, 3.05) is 0 Å². The van der Waals surface area contributed by atoms with E-state index >= 15 is 0 Å². The first-order valence-electron chi connectivity index (χ1n) is 10.1. The Labute approximate surface area is 188 Å². The smallest absolute Gasteiger partial charge is 0.240 e. The molecule has 0 unspecified atom stereocenters. The minimum Gasteiger partial charge on any atom is -0.384 e. The SMILES string of the molecule is N=C(N)c1ccc2nc(Cc3nc4ccc(S(=O)(=O)NCc5cccnc5)cc4[nH]3)[nH]c2c1. The molecule has 33 heavy (non-hydrogen) atoms. The molecule has 0 saturated carbocycles. The summed E-state index contributed by atoms with van der Waals surface area (Å²) < 4.78 is 28.0. The first-order chi connectivity index (χ1) is 15.9. The van der Waals surface area contributed by atoms with Crippen LogP contribution in [0.25, 0.3) is 22.1 Å². The molecule has 166 valence electrons. The molecule has 10 nitrogen and oxygen atoms in total. The number of sulfonamides is 1. The minimum absolute atomic E-state index is 0.00832. The van der Waals surface area contributed by atoms with Crippen LogP contribution in [0, 0.1) is 5.41 Å². The van der Waals surface area contributed by atoms with Crippen molar-refractivity contribution in [1.82, 2.24) is 29.6 Å². The summed E-state index contributed by atoms with van der Waals surface area (Å²) in [5.41, 5.74) is 9.76. The average molecular weight is 461 g/mol. The lowest BCUT2D eigenvalue weighted by Crippen LogP contribution is -2.23. The van der Waals surface area contributed by atoms with E-state index in [-0.39, 0.29) is 17.3 Å². The lowest BCUT2D eigenvalue weighted by atomic mass is 10.2. The summed E-state index contributed by atoms with van der Waals surface area (Å²) in [5, 5.41) is 7.57. The molecule has 3 aromatic heterocycles. The maximum absolute atomic E-state index is 12.7. The fourth-order valence-corrected chi connectivity index (χ4v) is 4.57. The Kier molecular flexibility index (Phi) is 5.11. The van der Waals surface area contributed by atoms with Crippen molar-refractivity contribution in [3.05, 3.63) is 83.7 Å². The highest BCUT2D eigenvalue weighted by Gasteiger charge is 2.16. The molecule has 0 saturated heterocycles. The Hall–Kier alpha value is -4.09. The zero-order valence-corrected chi connectivity index (χ0v) is 18.1. The number of imidazole rings is 2. The van der Waals surface area contributed by atoms with Gasteiger partial charge in [0, 0.05) is 24.5 Å². The summed E-state index contributed by atoms with van der Waals surface area (Å²) in [7, 11) is -3.70. The van der Waals surface area contributed by atoms with E-state index in [1.54, 1.807) is 54.9 Å². The van der Waals surface area contributed by atoms with Gasteiger partial charge < -0.3 is 15.7 Å². The molecule has 0 aliphatic rings. The van der Waals surface area contributed by atoms with Crippen molar-refractivity contribution in [3.63, 3.8) is 0 Å². The van der Waals surface area contributed by atoms with Crippen LogP contribution < -0.4 is 10.5 Å². The molecular formula is C22H20N8O2S. The van der Waals surface area contributed by atoms with Crippen LogP contribution in [0.4, 0.5) is 0 Å². The van der Waals surface area contributed by atoms with Gasteiger partial charge in [-0.2, -0.15) is 0 Å². The van der Waals surface area contributed by atoms with Gasteiger partial charge in [0.2, 0.25) is 10.0 Å². The number of rotatable bonds is 7. The van der Waals surface area contributed by atoms with Gasteiger partial charge in [-0.15, -0.1) is 0 Å². The molecule has 0 aliphatic heterocycles. The Morgan fingerprint density at radius 3 is 2.36 bits per heavy atom.